The Balaban J connectivity index is 1.67. The topological polar surface area (TPSA) is 29.1 Å². The number of carbonyl (C=O) groups excluding carboxylic acids is 1. The van der Waals surface area contributed by atoms with E-state index >= 15 is 0 Å². The summed E-state index contributed by atoms with van der Waals surface area (Å²) in [5.41, 5.74) is 0.789. The second kappa shape index (κ2) is 4.59. The van der Waals surface area contributed by atoms with Crippen LogP contribution in [-0.4, -0.2) is 11.9 Å². The number of amides is 1. The number of carbonyl (C=O) groups is 1. The largest absolute Gasteiger partial charge is 0.349 e. The van der Waals surface area contributed by atoms with E-state index in [1.54, 1.807) is 0 Å². The Morgan fingerprint density at radius 1 is 1.12 bits per heavy atom. The molecule has 0 radical (unpaired) electrons. The Hall–Kier alpha value is -0.580. The first-order valence-corrected chi connectivity index (χ1v) is 7.38. The third-order valence-corrected chi connectivity index (χ3v) is 4.38. The van der Waals surface area contributed by atoms with Gasteiger partial charge in [-0.1, -0.05) is 0 Å². The summed E-state index contributed by atoms with van der Waals surface area (Å²) in [6.07, 6.45) is 5.20. The van der Waals surface area contributed by atoms with Crippen molar-refractivity contribution in [3.05, 3.63) is 33.4 Å². The minimum absolute atomic E-state index is 0.102. The van der Waals surface area contributed by atoms with Crippen molar-refractivity contribution < 1.29 is 4.79 Å². The Kier molecular flexibility index (Phi) is 3.11. The number of hydrogen-bond acceptors (Lipinski definition) is 1. The van der Waals surface area contributed by atoms with E-state index in [1.165, 1.54) is 29.3 Å². The molecule has 0 saturated heterocycles. The normalized spacial score (nSPS) is 19.4. The van der Waals surface area contributed by atoms with Crippen LogP contribution < -0.4 is 5.32 Å². The molecule has 0 aliphatic heterocycles. The zero-order valence-electron chi connectivity index (χ0n) is 9.66. The minimum atomic E-state index is 0.102. The van der Waals surface area contributed by atoms with Crippen LogP contribution in [0.1, 0.15) is 36.0 Å². The van der Waals surface area contributed by atoms with E-state index in [0.29, 0.717) is 6.04 Å². The highest BCUT2D eigenvalue weighted by molar-refractivity contribution is 14.1. The maximum Gasteiger partial charge on any atom is 0.251 e. The highest BCUT2D eigenvalue weighted by Gasteiger charge is 2.42. The number of benzene rings is 1. The standard InChI is InChI=1S/C14H16INO/c15-12-7-5-11(6-8-12)14(17)16-13(9-1-2-9)10-3-4-10/h5-10,13H,1-4H2,(H,16,17). The molecule has 1 aromatic carbocycles. The van der Waals surface area contributed by atoms with E-state index in [4.69, 9.17) is 0 Å². The summed E-state index contributed by atoms with van der Waals surface area (Å²) in [5, 5.41) is 3.24. The van der Waals surface area contributed by atoms with Gasteiger partial charge in [-0.25, -0.2) is 0 Å². The van der Waals surface area contributed by atoms with Gasteiger partial charge in [-0.2, -0.15) is 0 Å². The molecule has 0 atom stereocenters. The van der Waals surface area contributed by atoms with Crippen LogP contribution >= 0.6 is 22.6 Å². The fourth-order valence-electron chi connectivity index (χ4n) is 2.37. The average Bonchev–Trinajstić information content (AvgIpc) is 3.17. The van der Waals surface area contributed by atoms with Gasteiger partial charge in [-0.15, -0.1) is 0 Å². The van der Waals surface area contributed by atoms with Crippen LogP contribution in [-0.2, 0) is 0 Å². The fourth-order valence-corrected chi connectivity index (χ4v) is 2.73. The van der Waals surface area contributed by atoms with Crippen LogP contribution in [0.4, 0.5) is 0 Å². The molecule has 2 fully saturated rings. The van der Waals surface area contributed by atoms with Crippen molar-refractivity contribution in [2.45, 2.75) is 31.7 Å². The summed E-state index contributed by atoms with van der Waals surface area (Å²) in [5.74, 6) is 1.62. The minimum Gasteiger partial charge on any atom is -0.349 e. The van der Waals surface area contributed by atoms with E-state index in [1.807, 2.05) is 24.3 Å². The number of rotatable bonds is 4. The molecule has 3 rings (SSSR count). The summed E-state index contributed by atoms with van der Waals surface area (Å²) < 4.78 is 1.17. The molecule has 1 N–H and O–H groups in total. The highest BCUT2D eigenvalue weighted by Crippen LogP contribution is 2.44. The number of halogens is 1. The summed E-state index contributed by atoms with van der Waals surface area (Å²) >= 11 is 2.25. The monoisotopic (exact) mass is 341 g/mol. The first kappa shape index (κ1) is 11.5. The van der Waals surface area contributed by atoms with Crippen molar-refractivity contribution in [3.63, 3.8) is 0 Å². The predicted molar refractivity (Wildman–Crippen MR) is 75.9 cm³/mol. The molecule has 1 amide bonds. The lowest BCUT2D eigenvalue weighted by atomic mass is 10.1. The van der Waals surface area contributed by atoms with Crippen LogP contribution in [0.2, 0.25) is 0 Å². The molecule has 0 unspecified atom stereocenters. The van der Waals surface area contributed by atoms with Gasteiger partial charge in [0.25, 0.3) is 5.91 Å². The maximum atomic E-state index is 12.1. The maximum absolute atomic E-state index is 12.1. The van der Waals surface area contributed by atoms with Gasteiger partial charge in [0.1, 0.15) is 0 Å². The van der Waals surface area contributed by atoms with Gasteiger partial charge in [0, 0.05) is 15.2 Å². The first-order valence-electron chi connectivity index (χ1n) is 6.30. The summed E-state index contributed by atoms with van der Waals surface area (Å²) in [6.45, 7) is 0. The van der Waals surface area contributed by atoms with Gasteiger partial charge >= 0.3 is 0 Å². The zero-order chi connectivity index (χ0) is 11.8. The molecule has 2 nitrogen and oxygen atoms in total. The smallest absolute Gasteiger partial charge is 0.251 e. The fraction of sp³-hybridized carbons (Fsp3) is 0.500. The van der Waals surface area contributed by atoms with Gasteiger partial charge in [0.2, 0.25) is 0 Å². The Bertz CT molecular complexity index is 408. The molecular formula is C14H16INO. The molecule has 0 heterocycles. The van der Waals surface area contributed by atoms with Gasteiger partial charge in [-0.05, 0) is 84.4 Å². The van der Waals surface area contributed by atoms with E-state index in [0.717, 1.165) is 17.4 Å². The number of hydrogen-bond donors (Lipinski definition) is 1. The van der Waals surface area contributed by atoms with Crippen LogP contribution in [0, 0.1) is 15.4 Å². The van der Waals surface area contributed by atoms with Crippen LogP contribution in [0.15, 0.2) is 24.3 Å². The lowest BCUT2D eigenvalue weighted by molar-refractivity contribution is 0.0926. The molecule has 3 heteroatoms. The predicted octanol–water partition coefficient (Wildman–Crippen LogP) is 3.21. The lowest BCUT2D eigenvalue weighted by Gasteiger charge is -2.17. The van der Waals surface area contributed by atoms with Gasteiger partial charge in [-0.3, -0.25) is 4.79 Å². The molecule has 2 aliphatic rings. The summed E-state index contributed by atoms with van der Waals surface area (Å²) in [6, 6.07) is 8.24. The van der Waals surface area contributed by atoms with Crippen LogP contribution in [0.25, 0.3) is 0 Å². The molecular weight excluding hydrogens is 325 g/mol. The summed E-state index contributed by atoms with van der Waals surface area (Å²) in [7, 11) is 0. The van der Waals surface area contributed by atoms with Crippen molar-refractivity contribution in [1.29, 1.82) is 0 Å². The third-order valence-electron chi connectivity index (χ3n) is 3.66. The number of nitrogens with one attached hydrogen (secondary N) is 1. The van der Waals surface area contributed by atoms with Crippen molar-refractivity contribution in [3.8, 4) is 0 Å². The van der Waals surface area contributed by atoms with Crippen molar-refractivity contribution in [2.75, 3.05) is 0 Å². The molecule has 0 spiro atoms. The highest BCUT2D eigenvalue weighted by atomic mass is 127. The van der Waals surface area contributed by atoms with E-state index in [-0.39, 0.29) is 5.91 Å². The van der Waals surface area contributed by atoms with Crippen molar-refractivity contribution in [1.82, 2.24) is 5.32 Å². The third kappa shape index (κ3) is 2.81. The van der Waals surface area contributed by atoms with Crippen LogP contribution in [0.3, 0.4) is 0 Å². The summed E-state index contributed by atoms with van der Waals surface area (Å²) in [4.78, 5) is 12.1. The lowest BCUT2D eigenvalue weighted by Crippen LogP contribution is -2.38. The average molecular weight is 341 g/mol. The van der Waals surface area contributed by atoms with Gasteiger partial charge in [0.05, 0.1) is 0 Å². The Labute approximate surface area is 115 Å². The van der Waals surface area contributed by atoms with E-state index < -0.39 is 0 Å². The first-order chi connectivity index (χ1) is 8.24. The van der Waals surface area contributed by atoms with E-state index in [9.17, 15) is 4.79 Å². The van der Waals surface area contributed by atoms with Gasteiger partial charge in [0.15, 0.2) is 0 Å². The molecule has 90 valence electrons. The Morgan fingerprint density at radius 2 is 1.65 bits per heavy atom. The van der Waals surface area contributed by atoms with Crippen LogP contribution in [0.5, 0.6) is 0 Å². The SMILES string of the molecule is O=C(NC(C1CC1)C1CC1)c1ccc(I)cc1. The van der Waals surface area contributed by atoms with Gasteiger partial charge < -0.3 is 5.32 Å². The quantitative estimate of drug-likeness (QED) is 0.838. The molecule has 0 aromatic heterocycles. The second-order valence-corrected chi connectivity index (χ2v) is 6.43. The zero-order valence-corrected chi connectivity index (χ0v) is 11.8. The van der Waals surface area contributed by atoms with E-state index in [2.05, 4.69) is 27.9 Å². The molecule has 2 saturated carbocycles. The molecule has 0 bridgehead atoms. The molecule has 17 heavy (non-hydrogen) atoms. The van der Waals surface area contributed by atoms with Crippen molar-refractivity contribution in [2.24, 2.45) is 11.8 Å². The Morgan fingerprint density at radius 3 is 2.12 bits per heavy atom. The second-order valence-electron chi connectivity index (χ2n) is 5.18. The molecule has 2 aliphatic carbocycles. The molecule has 1 aromatic rings. The van der Waals surface area contributed by atoms with Crippen molar-refractivity contribution >= 4 is 28.5 Å².